The van der Waals surface area contributed by atoms with Crippen molar-refractivity contribution in [2.75, 3.05) is 17.2 Å². The first-order valence-electron chi connectivity index (χ1n) is 6.69. The van der Waals surface area contributed by atoms with Crippen LogP contribution in [0.2, 0.25) is 0 Å². The molecule has 20 heavy (non-hydrogen) atoms. The summed E-state index contributed by atoms with van der Waals surface area (Å²) in [5.74, 6) is -0.853. The third-order valence-corrected chi connectivity index (χ3v) is 3.72. The number of hydrogen-bond acceptors (Lipinski definition) is 3. The quantitative estimate of drug-likeness (QED) is 0.863. The summed E-state index contributed by atoms with van der Waals surface area (Å²) in [6, 6.07) is 2.54. The van der Waals surface area contributed by atoms with Crippen LogP contribution in [0.4, 0.5) is 24.5 Å². The lowest BCUT2D eigenvalue weighted by molar-refractivity contribution is -0.0521. The lowest BCUT2D eigenvalue weighted by atomic mass is 9.94. The van der Waals surface area contributed by atoms with E-state index in [1.807, 2.05) is 11.8 Å². The van der Waals surface area contributed by atoms with E-state index in [1.54, 1.807) is 0 Å². The Morgan fingerprint density at radius 2 is 2.00 bits per heavy atom. The molecule has 0 aromatic heterocycles. The van der Waals surface area contributed by atoms with E-state index in [9.17, 15) is 13.2 Å². The van der Waals surface area contributed by atoms with Crippen LogP contribution >= 0.6 is 0 Å². The van der Waals surface area contributed by atoms with Crippen LogP contribution in [0.25, 0.3) is 0 Å². The first-order valence-corrected chi connectivity index (χ1v) is 6.69. The average molecular weight is 288 g/mol. The van der Waals surface area contributed by atoms with Crippen molar-refractivity contribution in [3.63, 3.8) is 0 Å². The summed E-state index contributed by atoms with van der Waals surface area (Å²) in [6.07, 6.45) is 2.10. The van der Waals surface area contributed by atoms with Crippen LogP contribution in [-0.2, 0) is 0 Å². The highest BCUT2D eigenvalue weighted by atomic mass is 19.3. The molecule has 2 unspecified atom stereocenters. The van der Waals surface area contributed by atoms with Crippen molar-refractivity contribution in [2.24, 2.45) is 5.92 Å². The number of nitrogens with two attached hydrogens (primary N) is 1. The van der Waals surface area contributed by atoms with Gasteiger partial charge in [-0.15, -0.1) is 0 Å². The fraction of sp³-hybridized carbons (Fsp3) is 0.571. The highest BCUT2D eigenvalue weighted by Gasteiger charge is 2.26. The zero-order chi connectivity index (χ0) is 14.9. The molecule has 0 bridgehead atoms. The van der Waals surface area contributed by atoms with Crippen molar-refractivity contribution in [1.29, 1.82) is 0 Å². The number of halogens is 3. The normalized spacial score (nSPS) is 23.2. The van der Waals surface area contributed by atoms with Gasteiger partial charge in [0.1, 0.15) is 0 Å². The number of anilines is 2. The van der Waals surface area contributed by atoms with Crippen LogP contribution in [0, 0.1) is 11.7 Å². The van der Waals surface area contributed by atoms with E-state index in [0.717, 1.165) is 25.5 Å². The molecule has 2 N–H and O–H groups in total. The molecule has 0 saturated carbocycles. The van der Waals surface area contributed by atoms with Crippen LogP contribution < -0.4 is 15.4 Å². The van der Waals surface area contributed by atoms with Crippen molar-refractivity contribution in [3.05, 3.63) is 17.9 Å². The molecule has 0 amide bonds. The van der Waals surface area contributed by atoms with Gasteiger partial charge in [0.15, 0.2) is 11.6 Å². The molecule has 1 aromatic rings. The van der Waals surface area contributed by atoms with Crippen LogP contribution in [0.3, 0.4) is 0 Å². The molecule has 1 aliphatic rings. The molecule has 1 aliphatic heterocycles. The van der Waals surface area contributed by atoms with E-state index in [2.05, 4.69) is 11.7 Å². The second-order valence-corrected chi connectivity index (χ2v) is 5.40. The number of ether oxygens (including phenoxy) is 1. The molecule has 3 nitrogen and oxygen atoms in total. The molecule has 6 heteroatoms. The van der Waals surface area contributed by atoms with Gasteiger partial charge in [-0.25, -0.2) is 4.39 Å². The van der Waals surface area contributed by atoms with Gasteiger partial charge in [-0.2, -0.15) is 8.78 Å². The number of benzene rings is 1. The van der Waals surface area contributed by atoms with Gasteiger partial charge < -0.3 is 15.4 Å². The Bertz CT molecular complexity index is 482. The van der Waals surface area contributed by atoms with Gasteiger partial charge in [-0.3, -0.25) is 0 Å². The first kappa shape index (κ1) is 14.8. The summed E-state index contributed by atoms with van der Waals surface area (Å²) in [7, 11) is 0. The highest BCUT2D eigenvalue weighted by molar-refractivity contribution is 5.70. The van der Waals surface area contributed by atoms with Gasteiger partial charge in [0, 0.05) is 24.7 Å². The van der Waals surface area contributed by atoms with Gasteiger partial charge in [0.2, 0.25) is 0 Å². The first-order chi connectivity index (χ1) is 9.38. The second kappa shape index (κ2) is 5.81. The maximum absolute atomic E-state index is 13.6. The number of piperidine rings is 1. The molecule has 2 rings (SSSR count). The summed E-state index contributed by atoms with van der Waals surface area (Å²) in [6.45, 7) is 1.88. The number of alkyl halides is 2. The van der Waals surface area contributed by atoms with Crippen molar-refractivity contribution >= 4 is 11.4 Å². The standard InChI is InChI=1S/C14H19F3N2O/c1-8-3-4-9(2)19(7-8)12-6-13(20-14(16)17)10(15)5-11(12)18/h5-6,8-9,14H,3-4,7,18H2,1-2H3. The minimum absolute atomic E-state index is 0.235. The SMILES string of the molecule is CC1CCC(C)N(c2cc(OC(F)F)c(F)cc2N)C1. The van der Waals surface area contributed by atoms with Crippen LogP contribution in [-0.4, -0.2) is 19.2 Å². The fourth-order valence-corrected chi connectivity index (χ4v) is 2.62. The zero-order valence-corrected chi connectivity index (χ0v) is 11.6. The summed E-state index contributed by atoms with van der Waals surface area (Å²) < 4.78 is 42.3. The number of rotatable bonds is 3. The maximum Gasteiger partial charge on any atom is 0.387 e. The fourth-order valence-electron chi connectivity index (χ4n) is 2.62. The number of hydrogen-bond donors (Lipinski definition) is 1. The van der Waals surface area contributed by atoms with Gasteiger partial charge >= 0.3 is 6.61 Å². The molecule has 2 atom stereocenters. The van der Waals surface area contributed by atoms with E-state index in [4.69, 9.17) is 5.73 Å². The average Bonchev–Trinajstić information content (AvgIpc) is 2.35. The molecular formula is C14H19F3N2O. The monoisotopic (exact) mass is 288 g/mol. The topological polar surface area (TPSA) is 38.5 Å². The molecule has 1 saturated heterocycles. The number of nitrogen functional groups attached to an aromatic ring is 1. The van der Waals surface area contributed by atoms with Gasteiger partial charge in [0.25, 0.3) is 0 Å². The Kier molecular flexibility index (Phi) is 4.30. The second-order valence-electron chi connectivity index (χ2n) is 5.40. The molecule has 1 heterocycles. The summed E-state index contributed by atoms with van der Waals surface area (Å²) in [4.78, 5) is 2.03. The van der Waals surface area contributed by atoms with Crippen molar-refractivity contribution in [3.8, 4) is 5.75 Å². The van der Waals surface area contributed by atoms with E-state index in [0.29, 0.717) is 11.6 Å². The molecule has 1 aromatic carbocycles. The third kappa shape index (κ3) is 3.11. The molecule has 0 radical (unpaired) electrons. The van der Waals surface area contributed by atoms with Crippen LogP contribution in [0.5, 0.6) is 5.75 Å². The molecular weight excluding hydrogens is 269 g/mol. The Morgan fingerprint density at radius 1 is 1.30 bits per heavy atom. The smallest absolute Gasteiger partial charge is 0.387 e. The molecule has 0 spiro atoms. The Hall–Kier alpha value is -1.59. The molecule has 112 valence electrons. The Morgan fingerprint density at radius 3 is 2.65 bits per heavy atom. The summed E-state index contributed by atoms with van der Waals surface area (Å²) in [5.41, 5.74) is 6.63. The predicted octanol–water partition coefficient (Wildman–Crippen LogP) is 3.63. The summed E-state index contributed by atoms with van der Waals surface area (Å²) in [5, 5.41) is 0. The van der Waals surface area contributed by atoms with E-state index in [-0.39, 0.29) is 11.7 Å². The van der Waals surface area contributed by atoms with E-state index >= 15 is 0 Å². The summed E-state index contributed by atoms with van der Waals surface area (Å²) >= 11 is 0. The lowest BCUT2D eigenvalue weighted by Crippen LogP contribution is -2.41. The molecule has 1 fully saturated rings. The molecule has 0 aliphatic carbocycles. The highest BCUT2D eigenvalue weighted by Crippen LogP contribution is 2.36. The van der Waals surface area contributed by atoms with Crippen molar-refractivity contribution < 1.29 is 17.9 Å². The van der Waals surface area contributed by atoms with Gasteiger partial charge in [0.05, 0.1) is 11.4 Å². The van der Waals surface area contributed by atoms with Gasteiger partial charge in [-0.05, 0) is 25.7 Å². The predicted molar refractivity (Wildman–Crippen MR) is 72.7 cm³/mol. The van der Waals surface area contributed by atoms with Crippen LogP contribution in [0.1, 0.15) is 26.7 Å². The zero-order valence-electron chi connectivity index (χ0n) is 11.6. The largest absolute Gasteiger partial charge is 0.432 e. The Labute approximate surface area is 116 Å². The minimum atomic E-state index is -3.06. The van der Waals surface area contributed by atoms with E-state index < -0.39 is 18.2 Å². The van der Waals surface area contributed by atoms with Crippen molar-refractivity contribution in [1.82, 2.24) is 0 Å². The minimum Gasteiger partial charge on any atom is -0.432 e. The maximum atomic E-state index is 13.6. The van der Waals surface area contributed by atoms with Crippen LogP contribution in [0.15, 0.2) is 12.1 Å². The number of nitrogens with zero attached hydrogens (tertiary/aromatic N) is 1. The third-order valence-electron chi connectivity index (χ3n) is 3.72. The Balaban J connectivity index is 2.34. The lowest BCUT2D eigenvalue weighted by Gasteiger charge is -2.39. The van der Waals surface area contributed by atoms with Crippen molar-refractivity contribution in [2.45, 2.75) is 39.3 Å². The van der Waals surface area contributed by atoms with E-state index in [1.165, 1.54) is 6.07 Å². The van der Waals surface area contributed by atoms with Gasteiger partial charge in [-0.1, -0.05) is 6.92 Å².